The Labute approximate surface area is 106 Å². The predicted molar refractivity (Wildman–Crippen MR) is 58.4 cm³/mol. The number of aromatic nitrogens is 1. The molecule has 0 aliphatic heterocycles. The molecule has 0 fully saturated rings. The van der Waals surface area contributed by atoms with Crippen molar-refractivity contribution < 1.29 is 27.1 Å². The number of anilines is 1. The number of hydrogen-bond donors (Lipinski definition) is 1. The van der Waals surface area contributed by atoms with Crippen molar-refractivity contribution in [3.8, 4) is 0 Å². The van der Waals surface area contributed by atoms with Gasteiger partial charge in [0, 0.05) is 0 Å². The zero-order chi connectivity index (χ0) is 14.8. The number of ether oxygens (including phenoxy) is 1. The number of carbonyl (C=O) groups excluding carboxylic acids is 1. The molecule has 106 valence electrons. The summed E-state index contributed by atoms with van der Waals surface area (Å²) in [6, 6.07) is 0. The summed E-state index contributed by atoms with van der Waals surface area (Å²) in [5, 5.41) is 1.94. The van der Waals surface area contributed by atoms with E-state index < -0.39 is 47.3 Å². The van der Waals surface area contributed by atoms with Gasteiger partial charge in [0.15, 0.2) is 0 Å². The molecule has 0 aliphatic carbocycles. The van der Waals surface area contributed by atoms with Crippen molar-refractivity contribution in [3.63, 3.8) is 0 Å². The van der Waals surface area contributed by atoms with Gasteiger partial charge in [0.1, 0.15) is 17.8 Å². The van der Waals surface area contributed by atoms with Crippen LogP contribution in [0, 0.1) is 23.5 Å². The highest BCUT2D eigenvalue weighted by atomic mass is 19.2. The lowest BCUT2D eigenvalue weighted by molar-refractivity contribution is -0.152. The number of halogens is 4. The first-order valence-electron chi connectivity index (χ1n) is 5.27. The number of nitrogens with one attached hydrogen (secondary N) is 1. The molecule has 0 saturated carbocycles. The second kappa shape index (κ2) is 5.41. The Balaban J connectivity index is 2.81. The van der Waals surface area contributed by atoms with Gasteiger partial charge in [-0.3, -0.25) is 4.79 Å². The van der Waals surface area contributed by atoms with Crippen LogP contribution in [0.3, 0.4) is 0 Å². The van der Waals surface area contributed by atoms with E-state index in [1.807, 2.05) is 5.32 Å². The summed E-state index contributed by atoms with van der Waals surface area (Å²) in [5.41, 5.74) is -1.89. The minimum Gasteiger partial charge on any atom is -0.459 e. The maximum absolute atomic E-state index is 13.2. The average Bonchev–Trinajstić information content (AvgIpc) is 2.24. The van der Waals surface area contributed by atoms with Crippen LogP contribution in [-0.4, -0.2) is 23.1 Å². The molecule has 4 nitrogen and oxygen atoms in total. The molecule has 0 unspecified atom stereocenters. The van der Waals surface area contributed by atoms with Crippen LogP contribution < -0.4 is 5.32 Å². The fourth-order valence-electron chi connectivity index (χ4n) is 1.18. The van der Waals surface area contributed by atoms with Crippen LogP contribution >= 0.6 is 0 Å². The summed E-state index contributed by atoms with van der Waals surface area (Å²) < 4.78 is 56.7. The Hall–Kier alpha value is -1.86. The minimum absolute atomic E-state index is 0.645. The Kier molecular flexibility index (Phi) is 4.33. The van der Waals surface area contributed by atoms with Gasteiger partial charge in [0.25, 0.3) is 11.9 Å². The lowest BCUT2D eigenvalue weighted by Crippen LogP contribution is -2.28. The van der Waals surface area contributed by atoms with Crippen molar-refractivity contribution >= 4 is 11.7 Å². The molecule has 0 saturated heterocycles. The quantitative estimate of drug-likeness (QED) is 0.525. The first-order chi connectivity index (χ1) is 8.61. The molecule has 0 atom stereocenters. The van der Waals surface area contributed by atoms with Gasteiger partial charge in [-0.05, 0) is 20.8 Å². The van der Waals surface area contributed by atoms with Gasteiger partial charge in [-0.1, -0.05) is 0 Å². The minimum atomic E-state index is -1.80. The molecule has 1 rings (SSSR count). The maximum Gasteiger partial charge on any atom is 0.325 e. The summed E-state index contributed by atoms with van der Waals surface area (Å²) >= 11 is 0. The highest BCUT2D eigenvalue weighted by Gasteiger charge is 2.22. The Morgan fingerprint density at radius 1 is 1.16 bits per heavy atom. The third kappa shape index (κ3) is 4.08. The van der Waals surface area contributed by atoms with Crippen LogP contribution in [0.1, 0.15) is 20.8 Å². The number of pyridine rings is 1. The third-order valence-electron chi connectivity index (χ3n) is 1.83. The van der Waals surface area contributed by atoms with Gasteiger partial charge in [-0.15, -0.1) is 0 Å². The summed E-state index contributed by atoms with van der Waals surface area (Å²) in [5.74, 6) is -7.84. The fraction of sp³-hybridized carbons (Fsp3) is 0.455. The van der Waals surface area contributed by atoms with E-state index in [2.05, 4.69) is 4.98 Å². The predicted octanol–water partition coefficient (Wildman–Crippen LogP) is 2.39. The van der Waals surface area contributed by atoms with Gasteiger partial charge in [-0.2, -0.15) is 22.5 Å². The smallest absolute Gasteiger partial charge is 0.325 e. The number of nitrogens with zero attached hydrogens (tertiary/aromatic N) is 1. The highest BCUT2D eigenvalue weighted by Crippen LogP contribution is 2.21. The zero-order valence-corrected chi connectivity index (χ0v) is 10.5. The van der Waals surface area contributed by atoms with Crippen molar-refractivity contribution in [1.29, 1.82) is 0 Å². The molecule has 1 heterocycles. The molecular formula is C11H12F4N2O2. The first kappa shape index (κ1) is 15.2. The van der Waals surface area contributed by atoms with Crippen molar-refractivity contribution in [2.24, 2.45) is 0 Å². The lowest BCUT2D eigenvalue weighted by atomic mass is 10.2. The summed E-state index contributed by atoms with van der Waals surface area (Å²) in [6.45, 7) is 4.14. The average molecular weight is 280 g/mol. The van der Waals surface area contributed by atoms with E-state index in [4.69, 9.17) is 4.74 Å². The van der Waals surface area contributed by atoms with Crippen molar-refractivity contribution in [2.75, 3.05) is 11.9 Å². The molecule has 0 radical (unpaired) electrons. The van der Waals surface area contributed by atoms with E-state index in [1.165, 1.54) is 0 Å². The second-order valence-electron chi connectivity index (χ2n) is 4.64. The van der Waals surface area contributed by atoms with Crippen LogP contribution in [0.15, 0.2) is 0 Å². The van der Waals surface area contributed by atoms with E-state index in [0.717, 1.165) is 0 Å². The molecule has 1 aromatic heterocycles. The maximum atomic E-state index is 13.2. The number of hydrogen-bond acceptors (Lipinski definition) is 4. The van der Waals surface area contributed by atoms with Gasteiger partial charge in [0.2, 0.25) is 11.6 Å². The second-order valence-corrected chi connectivity index (χ2v) is 4.64. The lowest BCUT2D eigenvalue weighted by Gasteiger charge is -2.19. The number of esters is 1. The molecule has 1 N–H and O–H groups in total. The van der Waals surface area contributed by atoms with E-state index in [-0.39, 0.29) is 0 Å². The number of carbonyl (C=O) groups is 1. The molecule has 0 spiro atoms. The highest BCUT2D eigenvalue weighted by molar-refractivity contribution is 5.75. The van der Waals surface area contributed by atoms with E-state index in [1.54, 1.807) is 20.8 Å². The SMILES string of the molecule is CC(C)(C)OC(=O)CNc1c(F)c(F)nc(F)c1F. The van der Waals surface area contributed by atoms with Crippen molar-refractivity contribution in [2.45, 2.75) is 26.4 Å². The molecule has 1 aromatic rings. The third-order valence-corrected chi connectivity index (χ3v) is 1.83. The zero-order valence-electron chi connectivity index (χ0n) is 10.5. The van der Waals surface area contributed by atoms with Gasteiger partial charge in [0.05, 0.1) is 0 Å². The summed E-state index contributed by atoms with van der Waals surface area (Å²) in [4.78, 5) is 13.7. The molecule has 8 heteroatoms. The van der Waals surface area contributed by atoms with E-state index >= 15 is 0 Å². The standard InChI is InChI=1S/C11H12F4N2O2/c1-11(2,3)19-5(18)4-16-8-6(12)9(14)17-10(15)7(8)13/h4H2,1-3H3,(H,16,17). The Morgan fingerprint density at radius 2 is 1.63 bits per heavy atom. The van der Waals surface area contributed by atoms with Crippen LogP contribution in [0.2, 0.25) is 0 Å². The molecule has 19 heavy (non-hydrogen) atoms. The van der Waals surface area contributed by atoms with Gasteiger partial charge < -0.3 is 10.1 Å². The molecule has 0 aromatic carbocycles. The van der Waals surface area contributed by atoms with E-state index in [9.17, 15) is 22.4 Å². The van der Waals surface area contributed by atoms with Gasteiger partial charge in [-0.25, -0.2) is 0 Å². The normalized spacial score (nSPS) is 11.3. The summed E-state index contributed by atoms with van der Waals surface area (Å²) in [6.07, 6.45) is 0. The van der Waals surface area contributed by atoms with Crippen molar-refractivity contribution in [3.05, 3.63) is 23.5 Å². The van der Waals surface area contributed by atoms with Crippen molar-refractivity contribution in [1.82, 2.24) is 4.98 Å². The Bertz CT molecular complexity index is 474. The topological polar surface area (TPSA) is 51.2 Å². The number of rotatable bonds is 3. The molecule has 0 aliphatic rings. The fourth-order valence-corrected chi connectivity index (χ4v) is 1.18. The van der Waals surface area contributed by atoms with Crippen LogP contribution in [-0.2, 0) is 9.53 Å². The molecule has 0 bridgehead atoms. The van der Waals surface area contributed by atoms with Crippen LogP contribution in [0.4, 0.5) is 23.2 Å². The monoisotopic (exact) mass is 280 g/mol. The van der Waals surface area contributed by atoms with Gasteiger partial charge >= 0.3 is 5.97 Å². The van der Waals surface area contributed by atoms with E-state index in [0.29, 0.717) is 0 Å². The molecular weight excluding hydrogens is 268 g/mol. The largest absolute Gasteiger partial charge is 0.459 e. The van der Waals surface area contributed by atoms with Crippen LogP contribution in [0.25, 0.3) is 0 Å². The first-order valence-corrected chi connectivity index (χ1v) is 5.27. The molecule has 0 amide bonds. The van der Waals surface area contributed by atoms with Crippen LogP contribution in [0.5, 0.6) is 0 Å². The summed E-state index contributed by atoms with van der Waals surface area (Å²) in [7, 11) is 0. The Morgan fingerprint density at radius 3 is 2.05 bits per heavy atom.